The molecule has 0 aliphatic heterocycles. The molecule has 0 amide bonds. The summed E-state index contributed by atoms with van der Waals surface area (Å²) < 4.78 is 7.65. The van der Waals surface area contributed by atoms with Crippen LogP contribution in [-0.4, -0.2) is 25.9 Å². The largest absolute Gasteiger partial charge is 0.473 e. The Labute approximate surface area is 119 Å². The molecule has 6 heteroatoms. The second-order valence-electron chi connectivity index (χ2n) is 4.82. The lowest BCUT2D eigenvalue weighted by molar-refractivity contribution is 0.180. The third-order valence-corrected chi connectivity index (χ3v) is 3.64. The van der Waals surface area contributed by atoms with Crippen molar-refractivity contribution in [1.29, 1.82) is 0 Å². The molecule has 0 aliphatic rings. The normalized spacial score (nSPS) is 11.4. The first-order valence-electron chi connectivity index (χ1n) is 7.35. The van der Waals surface area contributed by atoms with Gasteiger partial charge in [0.15, 0.2) is 5.65 Å². The number of aryl methyl sites for hydroxylation is 1. The van der Waals surface area contributed by atoms with E-state index in [9.17, 15) is 0 Å². The average molecular weight is 277 g/mol. The van der Waals surface area contributed by atoms with Crippen molar-refractivity contribution in [2.75, 3.05) is 5.73 Å². The molecule has 20 heavy (non-hydrogen) atoms. The Bertz CT molecular complexity index is 589. The summed E-state index contributed by atoms with van der Waals surface area (Å²) >= 11 is 0. The summed E-state index contributed by atoms with van der Waals surface area (Å²) in [4.78, 5) is 0. The van der Waals surface area contributed by atoms with Gasteiger partial charge in [0.1, 0.15) is 0 Å². The zero-order chi connectivity index (χ0) is 14.7. The summed E-state index contributed by atoms with van der Waals surface area (Å²) in [5.74, 6) is 0.962. The van der Waals surface area contributed by atoms with E-state index >= 15 is 0 Å². The fourth-order valence-corrected chi connectivity index (χ4v) is 2.44. The molecule has 0 bridgehead atoms. The highest BCUT2D eigenvalue weighted by atomic mass is 16.5. The van der Waals surface area contributed by atoms with Crippen molar-refractivity contribution in [2.45, 2.75) is 59.5 Å². The number of ether oxygens (including phenoxy) is 1. The molecule has 2 heterocycles. The van der Waals surface area contributed by atoms with Crippen LogP contribution >= 0.6 is 0 Å². The van der Waals surface area contributed by atoms with Gasteiger partial charge in [0.25, 0.3) is 0 Å². The van der Waals surface area contributed by atoms with Gasteiger partial charge in [-0.2, -0.15) is 4.52 Å². The van der Waals surface area contributed by atoms with Crippen LogP contribution in [0.2, 0.25) is 0 Å². The lowest BCUT2D eigenvalue weighted by atomic mass is 10.1. The maximum atomic E-state index is 6.07. The molecule has 110 valence electrons. The molecule has 2 N–H and O–H groups in total. The van der Waals surface area contributed by atoms with Crippen LogP contribution in [-0.2, 0) is 12.8 Å². The van der Waals surface area contributed by atoms with E-state index in [-0.39, 0.29) is 6.10 Å². The van der Waals surface area contributed by atoms with Gasteiger partial charge >= 0.3 is 0 Å². The third kappa shape index (κ3) is 2.42. The van der Waals surface area contributed by atoms with Gasteiger partial charge in [-0.1, -0.05) is 27.7 Å². The Balaban J connectivity index is 2.59. The number of nitrogen functional groups attached to an aromatic ring is 1. The van der Waals surface area contributed by atoms with Gasteiger partial charge in [-0.05, 0) is 25.7 Å². The van der Waals surface area contributed by atoms with Gasteiger partial charge in [0, 0.05) is 11.1 Å². The molecule has 0 spiro atoms. The van der Waals surface area contributed by atoms with Gasteiger partial charge in [-0.3, -0.25) is 0 Å². The van der Waals surface area contributed by atoms with Gasteiger partial charge < -0.3 is 10.5 Å². The lowest BCUT2D eigenvalue weighted by Gasteiger charge is -2.19. The van der Waals surface area contributed by atoms with E-state index in [0.717, 1.165) is 42.5 Å². The lowest BCUT2D eigenvalue weighted by Crippen LogP contribution is -2.18. The molecular weight excluding hydrogens is 254 g/mol. The Morgan fingerprint density at radius 2 is 1.70 bits per heavy atom. The topological polar surface area (TPSA) is 78.3 Å². The molecule has 0 aromatic carbocycles. The SMILES string of the molecule is CCc1c(OC(CC)CC)nn2c(N)nnc2c1CC. The molecule has 2 aromatic heterocycles. The monoisotopic (exact) mass is 277 g/mol. The van der Waals surface area contributed by atoms with Crippen LogP contribution in [0.4, 0.5) is 5.95 Å². The van der Waals surface area contributed by atoms with Crippen LogP contribution in [0.15, 0.2) is 0 Å². The highest BCUT2D eigenvalue weighted by Crippen LogP contribution is 2.26. The summed E-state index contributed by atoms with van der Waals surface area (Å²) in [7, 11) is 0. The first kappa shape index (κ1) is 14.6. The first-order valence-corrected chi connectivity index (χ1v) is 7.35. The molecule has 0 aliphatic carbocycles. The summed E-state index contributed by atoms with van der Waals surface area (Å²) in [5, 5.41) is 12.5. The van der Waals surface area contributed by atoms with Gasteiger partial charge in [0.2, 0.25) is 11.8 Å². The smallest absolute Gasteiger partial charge is 0.243 e. The number of rotatable bonds is 6. The van der Waals surface area contributed by atoms with Gasteiger partial charge in [-0.25, -0.2) is 0 Å². The highest BCUT2D eigenvalue weighted by molar-refractivity contribution is 5.55. The fraction of sp³-hybridized carbons (Fsp3) is 0.643. The molecule has 6 nitrogen and oxygen atoms in total. The Kier molecular flexibility index (Phi) is 4.42. The summed E-state index contributed by atoms with van der Waals surface area (Å²) in [6, 6.07) is 0. The second kappa shape index (κ2) is 6.07. The minimum Gasteiger partial charge on any atom is -0.473 e. The molecule has 2 rings (SSSR count). The maximum Gasteiger partial charge on any atom is 0.243 e. The zero-order valence-corrected chi connectivity index (χ0v) is 12.7. The van der Waals surface area contributed by atoms with Crippen LogP contribution in [0.1, 0.15) is 51.7 Å². The third-order valence-electron chi connectivity index (χ3n) is 3.64. The first-order chi connectivity index (χ1) is 9.65. The minimum atomic E-state index is 0.174. The van der Waals surface area contributed by atoms with E-state index < -0.39 is 0 Å². The summed E-state index contributed by atoms with van der Waals surface area (Å²) in [6.45, 7) is 8.44. The number of aromatic nitrogens is 4. The van der Waals surface area contributed by atoms with E-state index in [2.05, 4.69) is 43.0 Å². The molecule has 0 unspecified atom stereocenters. The molecule has 2 aromatic rings. The standard InChI is InChI=1S/C14H23N5O/c1-5-9(6-2)20-13-11(8-4)10(7-3)12-16-17-14(15)19(12)18-13/h9H,5-8H2,1-4H3,(H2,15,17). The van der Waals surface area contributed by atoms with E-state index in [1.165, 1.54) is 0 Å². The number of anilines is 1. The Hall–Kier alpha value is -1.85. The van der Waals surface area contributed by atoms with Gasteiger partial charge in [-0.15, -0.1) is 15.3 Å². The number of nitrogens with two attached hydrogens (primary N) is 1. The fourth-order valence-electron chi connectivity index (χ4n) is 2.44. The van der Waals surface area contributed by atoms with E-state index in [1.54, 1.807) is 4.52 Å². The van der Waals surface area contributed by atoms with Crippen LogP contribution in [0.3, 0.4) is 0 Å². The zero-order valence-electron chi connectivity index (χ0n) is 12.7. The van der Waals surface area contributed by atoms with E-state index in [4.69, 9.17) is 10.5 Å². The van der Waals surface area contributed by atoms with Crippen molar-refractivity contribution >= 4 is 11.6 Å². The minimum absolute atomic E-state index is 0.174. The van der Waals surface area contributed by atoms with Crippen molar-refractivity contribution in [3.05, 3.63) is 11.1 Å². The maximum absolute atomic E-state index is 6.07. The second-order valence-corrected chi connectivity index (χ2v) is 4.82. The quantitative estimate of drug-likeness (QED) is 0.877. The van der Waals surface area contributed by atoms with Crippen molar-refractivity contribution in [3.63, 3.8) is 0 Å². The molecule has 0 saturated carbocycles. The van der Waals surface area contributed by atoms with Crippen molar-refractivity contribution < 1.29 is 4.74 Å². The predicted molar refractivity (Wildman–Crippen MR) is 78.9 cm³/mol. The predicted octanol–water partition coefficient (Wildman–Crippen LogP) is 2.40. The van der Waals surface area contributed by atoms with Crippen LogP contribution < -0.4 is 10.5 Å². The Morgan fingerprint density at radius 1 is 1.05 bits per heavy atom. The average Bonchev–Trinajstić information content (AvgIpc) is 2.84. The molecule has 0 saturated heterocycles. The number of hydrogen-bond donors (Lipinski definition) is 1. The van der Waals surface area contributed by atoms with Crippen molar-refractivity contribution in [3.8, 4) is 5.88 Å². The van der Waals surface area contributed by atoms with Gasteiger partial charge in [0.05, 0.1) is 6.10 Å². The van der Waals surface area contributed by atoms with Crippen molar-refractivity contribution in [1.82, 2.24) is 19.8 Å². The molecule has 0 radical (unpaired) electrons. The van der Waals surface area contributed by atoms with Crippen LogP contribution in [0.25, 0.3) is 5.65 Å². The van der Waals surface area contributed by atoms with Crippen molar-refractivity contribution in [2.24, 2.45) is 0 Å². The molecule has 0 fully saturated rings. The highest BCUT2D eigenvalue weighted by Gasteiger charge is 2.19. The van der Waals surface area contributed by atoms with Crippen LogP contribution in [0, 0.1) is 0 Å². The summed E-state index contributed by atoms with van der Waals surface area (Å²) in [6.07, 6.45) is 3.80. The molecular formula is C14H23N5O. The number of nitrogens with zero attached hydrogens (tertiary/aromatic N) is 4. The van der Waals surface area contributed by atoms with E-state index in [0.29, 0.717) is 11.8 Å². The Morgan fingerprint density at radius 3 is 2.25 bits per heavy atom. The number of fused-ring (bicyclic) bond motifs is 1. The molecule has 0 atom stereocenters. The van der Waals surface area contributed by atoms with E-state index in [1.807, 2.05) is 0 Å². The number of hydrogen-bond acceptors (Lipinski definition) is 5. The summed E-state index contributed by atoms with van der Waals surface area (Å²) in [5.41, 5.74) is 8.79. The van der Waals surface area contributed by atoms with Crippen LogP contribution in [0.5, 0.6) is 5.88 Å².